The van der Waals surface area contributed by atoms with Crippen LogP contribution in [0.25, 0.3) is 5.57 Å². The molecule has 6 nitrogen and oxygen atoms in total. The van der Waals surface area contributed by atoms with Crippen molar-refractivity contribution in [2.45, 2.75) is 32.7 Å². The molecule has 3 amide bonds. The number of allylic oxidation sites excluding steroid dienone is 1. The highest BCUT2D eigenvalue weighted by Gasteiger charge is 2.29. The summed E-state index contributed by atoms with van der Waals surface area (Å²) in [6.45, 7) is 13.0. The van der Waals surface area contributed by atoms with Gasteiger partial charge < -0.3 is 20.0 Å². The first-order valence-electron chi connectivity index (χ1n) is 9.86. The van der Waals surface area contributed by atoms with Crippen molar-refractivity contribution in [1.82, 2.24) is 20.0 Å². The first-order chi connectivity index (χ1) is 13.1. The van der Waals surface area contributed by atoms with Crippen molar-refractivity contribution >= 4 is 17.5 Å². The lowest BCUT2D eigenvalue weighted by Gasteiger charge is -2.37. The van der Waals surface area contributed by atoms with E-state index in [9.17, 15) is 9.59 Å². The van der Waals surface area contributed by atoms with Crippen LogP contribution in [-0.2, 0) is 10.3 Å². The van der Waals surface area contributed by atoms with E-state index in [-0.39, 0.29) is 11.9 Å². The summed E-state index contributed by atoms with van der Waals surface area (Å²) >= 11 is 0. The van der Waals surface area contributed by atoms with Crippen LogP contribution in [0.4, 0.5) is 4.79 Å². The fourth-order valence-corrected chi connectivity index (χ4v) is 3.23. The van der Waals surface area contributed by atoms with Gasteiger partial charge in [0.25, 0.3) is 0 Å². The molecule has 0 aromatic heterocycles. The minimum absolute atomic E-state index is 0.0916. The molecule has 1 aliphatic heterocycles. The van der Waals surface area contributed by atoms with Gasteiger partial charge in [0.15, 0.2) is 0 Å². The Bertz CT molecular complexity index is 719. The zero-order chi connectivity index (χ0) is 20.9. The summed E-state index contributed by atoms with van der Waals surface area (Å²) in [5.74, 6) is 0.158. The van der Waals surface area contributed by atoms with Gasteiger partial charge in [0.2, 0.25) is 5.91 Å². The van der Waals surface area contributed by atoms with Crippen LogP contribution < -0.4 is 5.32 Å². The first-order valence-corrected chi connectivity index (χ1v) is 9.86. The Morgan fingerprint density at radius 1 is 1.14 bits per heavy atom. The normalized spacial score (nSPS) is 14.9. The molecule has 0 unspecified atom stereocenters. The topological polar surface area (TPSA) is 55.9 Å². The molecule has 6 heteroatoms. The number of rotatable bonds is 6. The minimum Gasteiger partial charge on any atom is -0.339 e. The van der Waals surface area contributed by atoms with Gasteiger partial charge in [-0.1, -0.05) is 30.4 Å². The van der Waals surface area contributed by atoms with Crippen LogP contribution in [0, 0.1) is 0 Å². The molecule has 1 aromatic carbocycles. The summed E-state index contributed by atoms with van der Waals surface area (Å²) in [6, 6.07) is 8.02. The summed E-state index contributed by atoms with van der Waals surface area (Å²) in [5, 5.41) is 3.14. The molecule has 1 aromatic rings. The van der Waals surface area contributed by atoms with Crippen molar-refractivity contribution in [1.29, 1.82) is 0 Å². The van der Waals surface area contributed by atoms with Crippen LogP contribution in [0.15, 0.2) is 30.8 Å². The highest BCUT2D eigenvalue weighted by molar-refractivity contribution is 5.78. The van der Waals surface area contributed by atoms with Gasteiger partial charge in [-0.3, -0.25) is 4.79 Å². The molecule has 0 bridgehead atoms. The number of amides is 3. The molecule has 1 aliphatic rings. The van der Waals surface area contributed by atoms with Gasteiger partial charge in [0.1, 0.15) is 0 Å². The lowest BCUT2D eigenvalue weighted by atomic mass is 9.92. The van der Waals surface area contributed by atoms with Crippen LogP contribution in [0.3, 0.4) is 0 Å². The molecule has 2 rings (SSSR count). The molecule has 0 aliphatic carbocycles. The third-order valence-electron chi connectivity index (χ3n) is 5.19. The SMILES string of the molecule is C=C(C)c1cccc(C(C)(C)NC(=O)N2CCN(C(=O)CCN(C)C)CC2)c1. The minimum atomic E-state index is -0.499. The fourth-order valence-electron chi connectivity index (χ4n) is 3.23. The van der Waals surface area contributed by atoms with Gasteiger partial charge in [-0.15, -0.1) is 0 Å². The third kappa shape index (κ3) is 5.83. The molecule has 1 N–H and O–H groups in total. The van der Waals surface area contributed by atoms with Gasteiger partial charge in [0.05, 0.1) is 5.54 Å². The van der Waals surface area contributed by atoms with Crippen molar-refractivity contribution in [3.05, 3.63) is 42.0 Å². The van der Waals surface area contributed by atoms with E-state index in [0.29, 0.717) is 32.6 Å². The quantitative estimate of drug-likeness (QED) is 0.818. The Balaban J connectivity index is 1.92. The number of benzene rings is 1. The van der Waals surface area contributed by atoms with E-state index in [1.54, 1.807) is 4.90 Å². The monoisotopic (exact) mass is 386 g/mol. The van der Waals surface area contributed by atoms with Crippen molar-refractivity contribution < 1.29 is 9.59 Å². The summed E-state index contributed by atoms with van der Waals surface area (Å²) in [5.41, 5.74) is 2.61. The van der Waals surface area contributed by atoms with Gasteiger partial charge in [0, 0.05) is 39.1 Å². The smallest absolute Gasteiger partial charge is 0.318 e. The maximum atomic E-state index is 12.8. The lowest BCUT2D eigenvalue weighted by molar-refractivity contribution is -0.132. The van der Waals surface area contributed by atoms with Crippen LogP contribution in [-0.4, -0.2) is 73.5 Å². The fraction of sp³-hybridized carbons (Fsp3) is 0.545. The summed E-state index contributed by atoms with van der Waals surface area (Å²) in [6.07, 6.45) is 0.519. The van der Waals surface area contributed by atoms with Gasteiger partial charge in [-0.2, -0.15) is 0 Å². The number of carbonyl (C=O) groups is 2. The summed E-state index contributed by atoms with van der Waals surface area (Å²) < 4.78 is 0. The molecule has 1 saturated heterocycles. The van der Waals surface area contributed by atoms with E-state index in [4.69, 9.17) is 0 Å². The highest BCUT2D eigenvalue weighted by Crippen LogP contribution is 2.24. The number of piperazine rings is 1. The maximum absolute atomic E-state index is 12.8. The first kappa shape index (κ1) is 22.0. The predicted octanol–water partition coefficient (Wildman–Crippen LogP) is 2.76. The van der Waals surface area contributed by atoms with E-state index in [1.165, 1.54) is 0 Å². The highest BCUT2D eigenvalue weighted by atomic mass is 16.2. The van der Waals surface area contributed by atoms with Gasteiger partial charge >= 0.3 is 6.03 Å². The lowest BCUT2D eigenvalue weighted by Crippen LogP contribution is -2.56. The van der Waals surface area contributed by atoms with Gasteiger partial charge in [-0.25, -0.2) is 4.79 Å². The average molecular weight is 387 g/mol. The molecule has 1 fully saturated rings. The second-order valence-electron chi connectivity index (χ2n) is 8.34. The molecule has 1 heterocycles. The molecule has 0 saturated carbocycles. The van der Waals surface area contributed by atoms with Crippen LogP contribution >= 0.6 is 0 Å². The Labute approximate surface area is 169 Å². The average Bonchev–Trinajstić information content (AvgIpc) is 2.66. The van der Waals surface area contributed by atoms with Crippen molar-refractivity contribution in [2.24, 2.45) is 0 Å². The predicted molar refractivity (Wildman–Crippen MR) is 114 cm³/mol. The molecule has 0 atom stereocenters. The van der Waals surface area contributed by atoms with E-state index in [2.05, 4.69) is 18.0 Å². The molecule has 154 valence electrons. The maximum Gasteiger partial charge on any atom is 0.318 e. The Kier molecular flexibility index (Phi) is 7.24. The Hall–Kier alpha value is -2.34. The standard InChI is InChI=1S/C22H34N4O2/c1-17(2)18-8-7-9-19(16-18)22(3,4)23-21(28)26-14-12-25(13-15-26)20(27)10-11-24(5)6/h7-9,16H,1,10-15H2,2-6H3,(H,23,28). The third-order valence-corrected chi connectivity index (χ3v) is 5.19. The van der Waals surface area contributed by atoms with Crippen LogP contribution in [0.2, 0.25) is 0 Å². The number of nitrogens with zero attached hydrogens (tertiary/aromatic N) is 3. The van der Waals surface area contributed by atoms with Crippen molar-refractivity contribution in [3.63, 3.8) is 0 Å². The zero-order valence-electron chi connectivity index (χ0n) is 17.9. The number of hydrogen-bond donors (Lipinski definition) is 1. The van der Waals surface area contributed by atoms with Gasteiger partial charge in [-0.05, 0) is 52.1 Å². The summed E-state index contributed by atoms with van der Waals surface area (Å²) in [4.78, 5) is 30.7. The second kappa shape index (κ2) is 9.24. The van der Waals surface area contributed by atoms with E-state index >= 15 is 0 Å². The van der Waals surface area contributed by atoms with Crippen LogP contribution in [0.5, 0.6) is 0 Å². The van der Waals surface area contributed by atoms with Crippen molar-refractivity contribution in [3.8, 4) is 0 Å². The number of nitrogens with one attached hydrogen (secondary N) is 1. The molecular formula is C22H34N4O2. The molecule has 28 heavy (non-hydrogen) atoms. The van der Waals surface area contributed by atoms with Crippen LogP contribution in [0.1, 0.15) is 38.3 Å². The van der Waals surface area contributed by atoms with E-state index in [1.807, 2.05) is 62.9 Å². The largest absolute Gasteiger partial charge is 0.339 e. The molecular weight excluding hydrogens is 352 g/mol. The number of carbonyl (C=O) groups excluding carboxylic acids is 2. The number of urea groups is 1. The van der Waals surface area contributed by atoms with E-state index < -0.39 is 5.54 Å². The Morgan fingerprint density at radius 3 is 2.32 bits per heavy atom. The van der Waals surface area contributed by atoms with Crippen molar-refractivity contribution in [2.75, 3.05) is 46.8 Å². The molecule has 0 spiro atoms. The van der Waals surface area contributed by atoms with E-state index in [0.717, 1.165) is 23.2 Å². The second-order valence-corrected chi connectivity index (χ2v) is 8.34. The zero-order valence-corrected chi connectivity index (χ0v) is 17.9. The Morgan fingerprint density at radius 2 is 1.75 bits per heavy atom. The summed E-state index contributed by atoms with van der Waals surface area (Å²) in [7, 11) is 3.92. The number of hydrogen-bond acceptors (Lipinski definition) is 3. The molecule has 0 radical (unpaired) electrons.